The van der Waals surface area contributed by atoms with Gasteiger partial charge in [-0.3, -0.25) is 25.0 Å². The van der Waals surface area contributed by atoms with Crippen LogP contribution in [-0.2, 0) is 9.47 Å². The lowest BCUT2D eigenvalue weighted by atomic mass is 10.1. The third-order valence-electron chi connectivity index (χ3n) is 3.30. The summed E-state index contributed by atoms with van der Waals surface area (Å²) >= 11 is 1.83. The zero-order valence-electron chi connectivity index (χ0n) is 16.9. The fourth-order valence-corrected chi connectivity index (χ4v) is 2.45. The van der Waals surface area contributed by atoms with Crippen molar-refractivity contribution in [1.29, 1.82) is 5.26 Å². The van der Waals surface area contributed by atoms with Crippen LogP contribution in [0.25, 0.3) is 0 Å². The molecule has 0 saturated heterocycles. The number of carbonyl (C=O) groups is 2. The molecule has 0 radical (unpaired) electrons. The summed E-state index contributed by atoms with van der Waals surface area (Å²) in [6.07, 6.45) is 0. The van der Waals surface area contributed by atoms with Gasteiger partial charge in [0, 0.05) is 19.2 Å². The topological polar surface area (TPSA) is 175 Å². The fourth-order valence-electron chi connectivity index (χ4n) is 1.92. The highest BCUT2D eigenvalue weighted by Crippen LogP contribution is 2.22. The minimum absolute atomic E-state index is 0. The highest BCUT2D eigenvalue weighted by Gasteiger charge is 2.17. The van der Waals surface area contributed by atoms with Gasteiger partial charge in [-0.1, -0.05) is 7.43 Å². The van der Waals surface area contributed by atoms with E-state index in [-0.39, 0.29) is 29.8 Å². The molecular formula is C19H20IN4O8P. The van der Waals surface area contributed by atoms with Crippen LogP contribution in [-0.4, -0.2) is 43.1 Å². The van der Waals surface area contributed by atoms with Crippen molar-refractivity contribution in [2.24, 2.45) is 4.74 Å². The van der Waals surface area contributed by atoms with E-state index in [9.17, 15) is 29.8 Å². The number of ether oxygens (including phenoxy) is 2. The van der Waals surface area contributed by atoms with E-state index >= 15 is 0 Å². The number of nitriles is 1. The Labute approximate surface area is 205 Å². The first-order chi connectivity index (χ1) is 15.1. The van der Waals surface area contributed by atoms with Gasteiger partial charge in [0.05, 0.1) is 38.8 Å². The van der Waals surface area contributed by atoms with Crippen molar-refractivity contribution in [1.82, 2.24) is 0 Å². The smallest absolute Gasteiger partial charge is 0.338 e. The summed E-state index contributed by atoms with van der Waals surface area (Å²) in [4.78, 5) is 41.9. The molecule has 0 aliphatic carbocycles. The van der Waals surface area contributed by atoms with E-state index < -0.39 is 27.5 Å². The zero-order chi connectivity index (χ0) is 24.8. The molecule has 0 bridgehead atoms. The second kappa shape index (κ2) is 16.2. The molecule has 0 saturated carbocycles. The van der Waals surface area contributed by atoms with E-state index in [0.717, 1.165) is 6.07 Å². The van der Waals surface area contributed by atoms with Gasteiger partial charge >= 0.3 is 11.9 Å². The summed E-state index contributed by atoms with van der Waals surface area (Å²) < 4.78 is 12.6. The number of nitro benzene ring substituents is 2. The molecule has 0 aromatic heterocycles. The van der Waals surface area contributed by atoms with Crippen LogP contribution in [0, 0.1) is 35.1 Å². The first-order valence-corrected chi connectivity index (χ1v) is 9.65. The lowest BCUT2D eigenvalue weighted by Crippen LogP contribution is -2.03. The summed E-state index contributed by atoms with van der Waals surface area (Å²) in [7, 11) is 6.87. The average Bonchev–Trinajstić information content (AvgIpc) is 2.78. The van der Waals surface area contributed by atoms with Crippen molar-refractivity contribution in [2.75, 3.05) is 21.3 Å². The summed E-state index contributed by atoms with van der Waals surface area (Å²) in [5, 5.41) is 29.7. The van der Waals surface area contributed by atoms with Crippen LogP contribution in [0.4, 0.5) is 11.4 Å². The molecule has 14 heteroatoms. The number of nitro groups is 2. The molecule has 0 amide bonds. The van der Waals surface area contributed by atoms with Gasteiger partial charge in [-0.25, -0.2) is 9.59 Å². The maximum Gasteiger partial charge on any atom is 0.338 e. The predicted octanol–water partition coefficient (Wildman–Crippen LogP) is 4.82. The summed E-state index contributed by atoms with van der Waals surface area (Å²) in [6, 6.07) is 9.39. The normalized spacial score (nSPS) is 8.58. The Balaban J connectivity index is 0. The largest absolute Gasteiger partial charge is 0.465 e. The van der Waals surface area contributed by atoms with Crippen LogP contribution in [0.2, 0.25) is 0 Å². The number of methoxy groups -OCH3 is 2. The minimum Gasteiger partial charge on any atom is -0.465 e. The van der Waals surface area contributed by atoms with Crippen LogP contribution in [0.1, 0.15) is 33.7 Å². The number of carbonyl (C=O) groups excluding carboxylic acids is 2. The Bertz CT molecular complexity index is 1070. The second-order valence-electron chi connectivity index (χ2n) is 5.23. The molecule has 2 aromatic carbocycles. The van der Waals surface area contributed by atoms with E-state index in [1.54, 1.807) is 13.1 Å². The lowest BCUT2D eigenvalue weighted by molar-refractivity contribution is -0.385. The third kappa shape index (κ3) is 10.1. The first kappa shape index (κ1) is 31.7. The van der Waals surface area contributed by atoms with Gasteiger partial charge in [-0.2, -0.15) is 5.26 Å². The van der Waals surface area contributed by atoms with Crippen molar-refractivity contribution in [2.45, 2.75) is 7.43 Å². The van der Waals surface area contributed by atoms with Gasteiger partial charge in [-0.05, 0) is 55.9 Å². The highest BCUT2D eigenvalue weighted by molar-refractivity contribution is 14.1. The van der Waals surface area contributed by atoms with Crippen molar-refractivity contribution < 1.29 is 28.9 Å². The highest BCUT2D eigenvalue weighted by atomic mass is 127. The zero-order valence-corrected chi connectivity index (χ0v) is 20.1. The maximum absolute atomic E-state index is 11.1. The van der Waals surface area contributed by atoms with Crippen molar-refractivity contribution in [3.05, 3.63) is 76.9 Å². The van der Waals surface area contributed by atoms with Gasteiger partial charge in [0.2, 0.25) is 0 Å². The Morgan fingerprint density at radius 3 is 1.76 bits per heavy atom. The number of esters is 2. The van der Waals surface area contributed by atoms with Gasteiger partial charge in [-0.15, -0.1) is 0 Å². The minimum atomic E-state index is -0.717. The van der Waals surface area contributed by atoms with Crippen LogP contribution >= 0.6 is 31.6 Å². The van der Waals surface area contributed by atoms with Gasteiger partial charge in [0.25, 0.3) is 11.4 Å². The monoisotopic (exact) mass is 590 g/mol. The molecule has 0 N–H and O–H groups in total. The molecule has 2 aromatic rings. The first-order valence-electron chi connectivity index (χ1n) is 8.12. The standard InChI is InChI=1S/C9H6N2O4.C8H6INO4.CH4NP.CH4/c1-15-9(12)6-2-3-7(5-10)8(4-6)11(13)14;1-14-8(11)5-2-3-6(9)7(4-5)10(12)13;1-2-3;/h2-4H,1H3;2-4H,1H3;3H,1H3;1H4. The quantitative estimate of drug-likeness (QED) is 0.159. The van der Waals surface area contributed by atoms with E-state index in [1.165, 1.54) is 44.6 Å². The Kier molecular flexibility index (Phi) is 15.5. The molecule has 0 unspecified atom stereocenters. The summed E-state index contributed by atoms with van der Waals surface area (Å²) in [6.45, 7) is 0. The number of hydrogen-bond donors (Lipinski definition) is 0. The number of halogens is 1. The SMILES string of the molecule is C.CN=P.COC(=O)c1ccc(C#N)c([N+](=O)[O-])c1.COC(=O)c1ccc(I)c([N+](=O)[O-])c1. The van der Waals surface area contributed by atoms with Gasteiger partial charge in [0.15, 0.2) is 0 Å². The molecular weight excluding hydrogens is 570 g/mol. The Morgan fingerprint density at radius 2 is 1.39 bits per heavy atom. The maximum atomic E-state index is 11.1. The number of nitrogens with zero attached hydrogens (tertiary/aromatic N) is 4. The molecule has 176 valence electrons. The molecule has 0 spiro atoms. The van der Waals surface area contributed by atoms with Gasteiger partial charge < -0.3 is 9.47 Å². The van der Waals surface area contributed by atoms with Crippen molar-refractivity contribution in [3.8, 4) is 6.07 Å². The van der Waals surface area contributed by atoms with E-state index in [2.05, 4.69) is 23.3 Å². The van der Waals surface area contributed by atoms with Crippen molar-refractivity contribution in [3.63, 3.8) is 0 Å². The van der Waals surface area contributed by atoms with E-state index in [0.29, 0.717) is 3.57 Å². The second-order valence-corrected chi connectivity index (χ2v) is 6.84. The fraction of sp³-hybridized carbons (Fsp3) is 0.211. The van der Waals surface area contributed by atoms with Crippen LogP contribution in [0.3, 0.4) is 0 Å². The number of benzene rings is 2. The number of hydrogen-bond acceptors (Lipinski definition) is 10. The predicted molar refractivity (Wildman–Crippen MR) is 130 cm³/mol. The summed E-state index contributed by atoms with van der Waals surface area (Å²) in [5.41, 5.74) is -0.357. The van der Waals surface area contributed by atoms with E-state index in [4.69, 9.17) is 5.26 Å². The Hall–Kier alpha value is -3.50. The third-order valence-corrected chi connectivity index (χ3v) is 4.21. The van der Waals surface area contributed by atoms with Crippen LogP contribution < -0.4 is 0 Å². The van der Waals surface area contributed by atoms with Crippen molar-refractivity contribution >= 4 is 54.9 Å². The molecule has 12 nitrogen and oxygen atoms in total. The molecule has 2 rings (SSSR count). The Morgan fingerprint density at radius 1 is 1.00 bits per heavy atom. The summed E-state index contributed by atoms with van der Waals surface area (Å²) in [5.74, 6) is -1.26. The molecule has 0 atom stereocenters. The van der Waals surface area contributed by atoms with Gasteiger partial charge in [0.1, 0.15) is 11.6 Å². The van der Waals surface area contributed by atoms with E-state index in [1.807, 2.05) is 22.6 Å². The lowest BCUT2D eigenvalue weighted by Gasteiger charge is -1.99. The molecule has 0 fully saturated rings. The average molecular weight is 590 g/mol. The molecule has 33 heavy (non-hydrogen) atoms. The molecule has 0 aliphatic rings. The van der Waals surface area contributed by atoms with Crippen LogP contribution in [0.15, 0.2) is 41.1 Å². The number of rotatable bonds is 4. The molecule has 0 heterocycles. The van der Waals surface area contributed by atoms with Crippen LogP contribution in [0.5, 0.6) is 0 Å². The molecule has 0 aliphatic heterocycles.